The van der Waals surface area contributed by atoms with Crippen LogP contribution in [-0.2, 0) is 9.59 Å². The SMILES string of the molecule is COc1ccc(/C(C)=N/NC(=O)C(=O)Nc2ccc(F)cc2)cc1. The molecule has 0 bridgehead atoms. The number of hydrogen-bond donors (Lipinski definition) is 2. The van der Waals surface area contributed by atoms with Crippen LogP contribution in [0.25, 0.3) is 0 Å². The van der Waals surface area contributed by atoms with Gasteiger partial charge in [-0.05, 0) is 61.0 Å². The van der Waals surface area contributed by atoms with E-state index in [-0.39, 0.29) is 0 Å². The molecule has 2 amide bonds. The zero-order chi connectivity index (χ0) is 17.5. The van der Waals surface area contributed by atoms with Crippen molar-refractivity contribution in [1.29, 1.82) is 0 Å². The number of halogens is 1. The number of amides is 2. The molecule has 2 N–H and O–H groups in total. The van der Waals surface area contributed by atoms with Crippen molar-refractivity contribution in [3.8, 4) is 5.75 Å². The van der Waals surface area contributed by atoms with Crippen LogP contribution in [0.2, 0.25) is 0 Å². The normalized spacial score (nSPS) is 10.9. The van der Waals surface area contributed by atoms with Crippen molar-refractivity contribution in [2.45, 2.75) is 6.92 Å². The second-order valence-corrected chi connectivity index (χ2v) is 4.83. The molecule has 6 nitrogen and oxygen atoms in total. The summed E-state index contributed by atoms with van der Waals surface area (Å²) >= 11 is 0. The highest BCUT2D eigenvalue weighted by atomic mass is 19.1. The number of hydrogen-bond acceptors (Lipinski definition) is 4. The number of methoxy groups -OCH3 is 1. The first-order valence-corrected chi connectivity index (χ1v) is 7.05. The molecule has 0 aliphatic heterocycles. The maximum absolute atomic E-state index is 12.8. The summed E-state index contributed by atoms with van der Waals surface area (Å²) < 4.78 is 17.8. The Morgan fingerprint density at radius 2 is 1.62 bits per heavy atom. The van der Waals surface area contributed by atoms with E-state index in [2.05, 4.69) is 15.8 Å². The van der Waals surface area contributed by atoms with E-state index in [9.17, 15) is 14.0 Å². The molecule has 2 aromatic carbocycles. The van der Waals surface area contributed by atoms with Crippen LogP contribution in [0.4, 0.5) is 10.1 Å². The van der Waals surface area contributed by atoms with Gasteiger partial charge in [-0.15, -0.1) is 0 Å². The van der Waals surface area contributed by atoms with Gasteiger partial charge < -0.3 is 10.1 Å². The summed E-state index contributed by atoms with van der Waals surface area (Å²) in [6.45, 7) is 1.69. The maximum Gasteiger partial charge on any atom is 0.329 e. The molecule has 0 atom stereocenters. The molecule has 0 saturated heterocycles. The van der Waals surface area contributed by atoms with Crippen molar-refractivity contribution >= 4 is 23.2 Å². The van der Waals surface area contributed by atoms with Crippen molar-refractivity contribution in [3.05, 3.63) is 59.9 Å². The van der Waals surface area contributed by atoms with Crippen molar-refractivity contribution in [2.24, 2.45) is 5.10 Å². The van der Waals surface area contributed by atoms with Gasteiger partial charge in [0.1, 0.15) is 11.6 Å². The van der Waals surface area contributed by atoms with E-state index in [1.807, 2.05) is 0 Å². The predicted molar refractivity (Wildman–Crippen MR) is 88.4 cm³/mol. The van der Waals surface area contributed by atoms with Crippen molar-refractivity contribution in [1.82, 2.24) is 5.43 Å². The molecule has 124 valence electrons. The van der Waals surface area contributed by atoms with E-state index >= 15 is 0 Å². The number of benzene rings is 2. The molecule has 2 aromatic rings. The first-order valence-electron chi connectivity index (χ1n) is 7.05. The molecule has 0 heterocycles. The number of carbonyl (C=O) groups is 2. The Balaban J connectivity index is 1.94. The fraction of sp³-hybridized carbons (Fsp3) is 0.118. The fourth-order valence-corrected chi connectivity index (χ4v) is 1.80. The minimum Gasteiger partial charge on any atom is -0.497 e. The highest BCUT2D eigenvalue weighted by Gasteiger charge is 2.13. The molecular formula is C17H16FN3O3. The van der Waals surface area contributed by atoms with E-state index < -0.39 is 17.6 Å². The molecule has 2 rings (SSSR count). The second kappa shape index (κ2) is 7.87. The summed E-state index contributed by atoms with van der Waals surface area (Å²) in [5.41, 5.74) is 3.79. The van der Waals surface area contributed by atoms with E-state index in [0.717, 1.165) is 5.56 Å². The second-order valence-electron chi connectivity index (χ2n) is 4.83. The smallest absolute Gasteiger partial charge is 0.329 e. The van der Waals surface area contributed by atoms with Gasteiger partial charge in [0.05, 0.1) is 12.8 Å². The molecule has 0 fully saturated rings. The largest absolute Gasteiger partial charge is 0.497 e. The molecule has 24 heavy (non-hydrogen) atoms. The average Bonchev–Trinajstić information content (AvgIpc) is 2.61. The van der Waals surface area contributed by atoms with E-state index in [4.69, 9.17) is 4.74 Å². The molecular weight excluding hydrogens is 313 g/mol. The topological polar surface area (TPSA) is 79.8 Å². The number of nitrogens with one attached hydrogen (secondary N) is 2. The Kier molecular flexibility index (Phi) is 5.62. The predicted octanol–water partition coefficient (Wildman–Crippen LogP) is 2.31. The van der Waals surface area contributed by atoms with Crippen molar-refractivity contribution in [3.63, 3.8) is 0 Å². The van der Waals surface area contributed by atoms with Crippen LogP contribution in [0, 0.1) is 5.82 Å². The molecule has 0 radical (unpaired) electrons. The highest BCUT2D eigenvalue weighted by molar-refractivity contribution is 6.39. The fourth-order valence-electron chi connectivity index (χ4n) is 1.80. The van der Waals surface area contributed by atoms with Crippen molar-refractivity contribution < 1.29 is 18.7 Å². The first-order chi connectivity index (χ1) is 11.5. The summed E-state index contributed by atoms with van der Waals surface area (Å²) in [6.07, 6.45) is 0. The molecule has 0 aromatic heterocycles. The summed E-state index contributed by atoms with van der Waals surface area (Å²) in [5, 5.41) is 6.23. The quantitative estimate of drug-likeness (QED) is 0.513. The standard InChI is InChI=1S/C17H16FN3O3/c1-11(12-3-9-15(24-2)10-4-12)20-21-17(23)16(22)19-14-7-5-13(18)6-8-14/h3-10H,1-2H3,(H,19,22)(H,21,23)/b20-11+. The molecule has 0 spiro atoms. The lowest BCUT2D eigenvalue weighted by atomic mass is 10.1. The number of anilines is 1. The Bertz CT molecular complexity index is 756. The van der Waals surface area contributed by atoms with Gasteiger partial charge in [0.2, 0.25) is 0 Å². The monoisotopic (exact) mass is 329 g/mol. The van der Waals surface area contributed by atoms with Crippen LogP contribution in [0.3, 0.4) is 0 Å². The summed E-state index contributed by atoms with van der Waals surface area (Å²) in [7, 11) is 1.57. The Morgan fingerprint density at radius 1 is 1.00 bits per heavy atom. The lowest BCUT2D eigenvalue weighted by Gasteiger charge is -2.05. The third-order valence-corrected chi connectivity index (χ3v) is 3.14. The number of nitrogens with zero attached hydrogens (tertiary/aromatic N) is 1. The maximum atomic E-state index is 12.8. The number of carbonyl (C=O) groups excluding carboxylic acids is 2. The van der Waals surface area contributed by atoms with Gasteiger partial charge in [-0.1, -0.05) is 0 Å². The van der Waals surface area contributed by atoms with Crippen LogP contribution in [0.5, 0.6) is 5.75 Å². The summed E-state index contributed by atoms with van der Waals surface area (Å²) in [5.74, 6) is -1.55. The van der Waals surface area contributed by atoms with Crippen LogP contribution in [-0.4, -0.2) is 24.6 Å². The van der Waals surface area contributed by atoms with Crippen molar-refractivity contribution in [2.75, 3.05) is 12.4 Å². The molecule has 0 aliphatic carbocycles. The third kappa shape index (κ3) is 4.64. The molecule has 7 heteroatoms. The molecule has 0 saturated carbocycles. The number of ether oxygens (including phenoxy) is 1. The molecule has 0 unspecified atom stereocenters. The van der Waals surface area contributed by atoms with Gasteiger partial charge in [0.25, 0.3) is 0 Å². The van der Waals surface area contributed by atoms with E-state index in [1.54, 1.807) is 38.3 Å². The van der Waals surface area contributed by atoms with Gasteiger partial charge in [0, 0.05) is 5.69 Å². The van der Waals surface area contributed by atoms with Gasteiger partial charge in [-0.2, -0.15) is 5.10 Å². The Hall–Kier alpha value is -3.22. The average molecular weight is 329 g/mol. The minimum absolute atomic E-state index is 0.312. The third-order valence-electron chi connectivity index (χ3n) is 3.14. The van der Waals surface area contributed by atoms with Gasteiger partial charge in [0.15, 0.2) is 0 Å². The molecule has 0 aliphatic rings. The lowest BCUT2D eigenvalue weighted by molar-refractivity contribution is -0.136. The van der Waals surface area contributed by atoms with Gasteiger partial charge >= 0.3 is 11.8 Å². The van der Waals surface area contributed by atoms with Crippen LogP contribution < -0.4 is 15.5 Å². The Labute approximate surface area is 138 Å². The zero-order valence-corrected chi connectivity index (χ0v) is 13.2. The van der Waals surface area contributed by atoms with E-state index in [1.165, 1.54) is 24.3 Å². The minimum atomic E-state index is -0.924. The first kappa shape index (κ1) is 17.1. The van der Waals surface area contributed by atoms with Gasteiger partial charge in [-0.3, -0.25) is 9.59 Å². The highest BCUT2D eigenvalue weighted by Crippen LogP contribution is 2.12. The summed E-state index contributed by atoms with van der Waals surface area (Å²) in [4.78, 5) is 23.5. The number of hydrazone groups is 1. The lowest BCUT2D eigenvalue weighted by Crippen LogP contribution is -2.32. The van der Waals surface area contributed by atoms with Crippen LogP contribution in [0.1, 0.15) is 12.5 Å². The van der Waals surface area contributed by atoms with E-state index in [0.29, 0.717) is 17.1 Å². The van der Waals surface area contributed by atoms with Crippen LogP contribution in [0.15, 0.2) is 53.6 Å². The number of rotatable bonds is 4. The summed E-state index contributed by atoms with van der Waals surface area (Å²) in [6, 6.07) is 12.2. The zero-order valence-electron chi connectivity index (χ0n) is 13.2. The van der Waals surface area contributed by atoms with Gasteiger partial charge in [-0.25, -0.2) is 9.82 Å². The van der Waals surface area contributed by atoms with Crippen LogP contribution >= 0.6 is 0 Å². The Morgan fingerprint density at radius 3 is 2.21 bits per heavy atom.